The Morgan fingerprint density at radius 2 is 1.92 bits per heavy atom. The smallest absolute Gasteiger partial charge is 0.248 e. The molecule has 5 nitrogen and oxygen atoms in total. The maximum absolute atomic E-state index is 11.2. The van der Waals surface area contributed by atoms with Crippen molar-refractivity contribution in [2.45, 2.75) is 0 Å². The molecule has 13 heavy (non-hydrogen) atoms. The van der Waals surface area contributed by atoms with Crippen LogP contribution in [0, 0.1) is 0 Å². The van der Waals surface area contributed by atoms with Gasteiger partial charge in [0.25, 0.3) is 0 Å². The number of rotatable bonds is 3. The average molecular weight is 186 g/mol. The maximum atomic E-state index is 11.2. The van der Waals surface area contributed by atoms with E-state index in [0.717, 1.165) is 26.2 Å². The minimum atomic E-state index is 0.0343. The molecular weight excluding hydrogens is 168 g/mol. The van der Waals surface area contributed by atoms with Crippen LogP contribution in [0.15, 0.2) is 0 Å². The summed E-state index contributed by atoms with van der Waals surface area (Å²) in [5, 5.41) is 0. The largest absolute Gasteiger partial charge is 0.304 e. The van der Waals surface area contributed by atoms with E-state index in [9.17, 15) is 4.79 Å². The third kappa shape index (κ3) is 3.71. The van der Waals surface area contributed by atoms with E-state index in [4.69, 9.17) is 0 Å². The second-order valence-corrected chi connectivity index (χ2v) is 3.38. The standard InChI is InChI=1S/C8H18N4O/c1-9-10-8(13)7-12-5-3-11(2)4-6-12/h9H,3-7H2,1-2H3,(H,10,13). The Labute approximate surface area is 79.0 Å². The zero-order chi connectivity index (χ0) is 9.68. The van der Waals surface area contributed by atoms with E-state index >= 15 is 0 Å². The fourth-order valence-electron chi connectivity index (χ4n) is 1.39. The molecule has 1 rings (SSSR count). The molecule has 0 spiro atoms. The molecule has 76 valence electrons. The minimum absolute atomic E-state index is 0.0343. The van der Waals surface area contributed by atoms with Gasteiger partial charge in [-0.2, -0.15) is 0 Å². The fourth-order valence-corrected chi connectivity index (χ4v) is 1.39. The molecule has 5 heteroatoms. The van der Waals surface area contributed by atoms with Crippen molar-refractivity contribution in [3.05, 3.63) is 0 Å². The van der Waals surface area contributed by atoms with Crippen molar-refractivity contribution in [3.8, 4) is 0 Å². The lowest BCUT2D eigenvalue weighted by Crippen LogP contribution is -2.49. The van der Waals surface area contributed by atoms with Gasteiger partial charge in [0.2, 0.25) is 5.91 Å². The molecule has 0 atom stereocenters. The number of carbonyl (C=O) groups excluding carboxylic acids is 1. The Bertz CT molecular complexity index is 166. The summed E-state index contributed by atoms with van der Waals surface area (Å²) in [6.45, 7) is 4.55. The lowest BCUT2D eigenvalue weighted by Gasteiger charge is -2.31. The molecule has 0 unspecified atom stereocenters. The summed E-state index contributed by atoms with van der Waals surface area (Å²) in [6, 6.07) is 0. The quantitative estimate of drug-likeness (QED) is 0.526. The lowest BCUT2D eigenvalue weighted by atomic mass is 10.3. The highest BCUT2D eigenvalue weighted by Crippen LogP contribution is 1.97. The van der Waals surface area contributed by atoms with E-state index in [1.807, 2.05) is 0 Å². The molecule has 2 N–H and O–H groups in total. The lowest BCUT2D eigenvalue weighted by molar-refractivity contribution is -0.123. The number of likely N-dealkylation sites (N-methyl/N-ethyl adjacent to an activating group) is 1. The molecule has 0 aromatic rings. The zero-order valence-electron chi connectivity index (χ0n) is 8.34. The summed E-state index contributed by atoms with van der Waals surface area (Å²) in [4.78, 5) is 15.6. The first-order valence-corrected chi connectivity index (χ1v) is 4.59. The topological polar surface area (TPSA) is 47.6 Å². The maximum Gasteiger partial charge on any atom is 0.248 e. The van der Waals surface area contributed by atoms with Crippen molar-refractivity contribution in [3.63, 3.8) is 0 Å². The Morgan fingerprint density at radius 1 is 1.31 bits per heavy atom. The van der Waals surface area contributed by atoms with E-state index in [0.29, 0.717) is 6.54 Å². The van der Waals surface area contributed by atoms with Gasteiger partial charge < -0.3 is 4.90 Å². The van der Waals surface area contributed by atoms with Crippen molar-refractivity contribution >= 4 is 5.91 Å². The third-order valence-electron chi connectivity index (χ3n) is 2.23. The number of hydrazine groups is 1. The summed E-state index contributed by atoms with van der Waals surface area (Å²) in [6.07, 6.45) is 0. The van der Waals surface area contributed by atoms with Gasteiger partial charge in [0.15, 0.2) is 0 Å². The summed E-state index contributed by atoms with van der Waals surface area (Å²) in [5.41, 5.74) is 5.19. The summed E-state index contributed by atoms with van der Waals surface area (Å²) in [7, 11) is 3.80. The normalized spacial score (nSPS) is 20.2. The molecular formula is C8H18N4O. The molecule has 0 radical (unpaired) electrons. The number of nitrogens with zero attached hydrogens (tertiary/aromatic N) is 2. The molecule has 1 aliphatic heterocycles. The Kier molecular flexibility index (Phi) is 4.14. The Hall–Kier alpha value is -0.650. The average Bonchev–Trinajstić information content (AvgIpc) is 2.09. The number of piperazine rings is 1. The van der Waals surface area contributed by atoms with Crippen LogP contribution in [0.3, 0.4) is 0 Å². The van der Waals surface area contributed by atoms with E-state index in [1.54, 1.807) is 7.05 Å². The van der Waals surface area contributed by atoms with E-state index in [2.05, 4.69) is 27.7 Å². The SMILES string of the molecule is CNNC(=O)CN1CCN(C)CC1. The minimum Gasteiger partial charge on any atom is -0.304 e. The number of hydrogen-bond acceptors (Lipinski definition) is 4. The second kappa shape index (κ2) is 5.16. The third-order valence-corrected chi connectivity index (χ3v) is 2.23. The van der Waals surface area contributed by atoms with Gasteiger partial charge in [-0.1, -0.05) is 0 Å². The molecule has 1 amide bonds. The van der Waals surface area contributed by atoms with Gasteiger partial charge in [0.1, 0.15) is 0 Å². The van der Waals surface area contributed by atoms with Crippen molar-refractivity contribution in [1.82, 2.24) is 20.7 Å². The van der Waals surface area contributed by atoms with Crippen LogP contribution in [0.2, 0.25) is 0 Å². The molecule has 1 fully saturated rings. The van der Waals surface area contributed by atoms with Crippen LogP contribution in [0.4, 0.5) is 0 Å². The molecule has 1 heterocycles. The molecule has 0 aromatic heterocycles. The van der Waals surface area contributed by atoms with Gasteiger partial charge in [-0.3, -0.25) is 15.1 Å². The van der Waals surface area contributed by atoms with E-state index in [1.165, 1.54) is 0 Å². The van der Waals surface area contributed by atoms with Gasteiger partial charge in [0.05, 0.1) is 6.54 Å². The van der Waals surface area contributed by atoms with Crippen LogP contribution in [-0.2, 0) is 4.79 Å². The van der Waals surface area contributed by atoms with E-state index < -0.39 is 0 Å². The van der Waals surface area contributed by atoms with Crippen LogP contribution < -0.4 is 10.9 Å². The van der Waals surface area contributed by atoms with Crippen LogP contribution in [0.25, 0.3) is 0 Å². The van der Waals surface area contributed by atoms with Gasteiger partial charge in [-0.25, -0.2) is 5.43 Å². The van der Waals surface area contributed by atoms with Crippen molar-refractivity contribution in [2.24, 2.45) is 0 Å². The molecule has 0 saturated carbocycles. The van der Waals surface area contributed by atoms with E-state index in [-0.39, 0.29) is 5.91 Å². The van der Waals surface area contributed by atoms with Crippen LogP contribution in [0.1, 0.15) is 0 Å². The fraction of sp³-hybridized carbons (Fsp3) is 0.875. The highest BCUT2D eigenvalue weighted by Gasteiger charge is 2.15. The highest BCUT2D eigenvalue weighted by atomic mass is 16.2. The van der Waals surface area contributed by atoms with Gasteiger partial charge in [-0.05, 0) is 7.05 Å². The van der Waals surface area contributed by atoms with Gasteiger partial charge in [0, 0.05) is 33.2 Å². The predicted octanol–water partition coefficient (Wildman–Crippen LogP) is -1.52. The number of hydrogen-bond donors (Lipinski definition) is 2. The summed E-state index contributed by atoms with van der Waals surface area (Å²) in [5.74, 6) is 0.0343. The molecule has 0 bridgehead atoms. The Morgan fingerprint density at radius 3 is 2.46 bits per heavy atom. The molecule has 1 aliphatic rings. The van der Waals surface area contributed by atoms with Crippen molar-refractivity contribution in [2.75, 3.05) is 46.8 Å². The number of amides is 1. The van der Waals surface area contributed by atoms with Gasteiger partial charge >= 0.3 is 0 Å². The highest BCUT2D eigenvalue weighted by molar-refractivity contribution is 5.77. The predicted molar refractivity (Wildman–Crippen MR) is 51.1 cm³/mol. The number of nitrogens with one attached hydrogen (secondary N) is 2. The monoisotopic (exact) mass is 186 g/mol. The van der Waals surface area contributed by atoms with Crippen molar-refractivity contribution < 1.29 is 4.79 Å². The molecule has 0 aromatic carbocycles. The zero-order valence-corrected chi connectivity index (χ0v) is 8.34. The molecule has 1 saturated heterocycles. The van der Waals surface area contributed by atoms with Crippen LogP contribution >= 0.6 is 0 Å². The first kappa shape index (κ1) is 10.4. The van der Waals surface area contributed by atoms with Crippen LogP contribution in [0.5, 0.6) is 0 Å². The first-order chi connectivity index (χ1) is 6.22. The van der Waals surface area contributed by atoms with Crippen molar-refractivity contribution in [1.29, 1.82) is 0 Å². The summed E-state index contributed by atoms with van der Waals surface area (Å²) < 4.78 is 0. The number of carbonyl (C=O) groups is 1. The second-order valence-electron chi connectivity index (χ2n) is 3.38. The summed E-state index contributed by atoms with van der Waals surface area (Å²) >= 11 is 0. The van der Waals surface area contributed by atoms with Gasteiger partial charge in [-0.15, -0.1) is 0 Å². The Balaban J connectivity index is 2.18. The van der Waals surface area contributed by atoms with Crippen LogP contribution in [-0.4, -0.2) is 62.5 Å². The first-order valence-electron chi connectivity index (χ1n) is 4.59. The molecule has 0 aliphatic carbocycles.